The van der Waals surface area contributed by atoms with Crippen LogP contribution in [0.4, 0.5) is 4.39 Å². The van der Waals surface area contributed by atoms with Crippen molar-refractivity contribution in [1.29, 1.82) is 0 Å². The maximum Gasteiger partial charge on any atom is 0.164 e. The minimum atomic E-state index is -0.836. The van der Waals surface area contributed by atoms with Crippen LogP contribution in [0.25, 0.3) is 0 Å². The van der Waals surface area contributed by atoms with Gasteiger partial charge >= 0.3 is 0 Å². The molecule has 0 radical (unpaired) electrons. The second kappa shape index (κ2) is 6.47. The van der Waals surface area contributed by atoms with E-state index in [0.29, 0.717) is 11.6 Å². The first-order valence-corrected chi connectivity index (χ1v) is 6.58. The molecule has 0 amide bonds. The van der Waals surface area contributed by atoms with Gasteiger partial charge in [0.2, 0.25) is 0 Å². The molecule has 1 atom stereocenters. The first-order valence-electron chi connectivity index (χ1n) is 6.58. The number of benzene rings is 1. The van der Waals surface area contributed by atoms with Crippen molar-refractivity contribution in [2.45, 2.75) is 39.5 Å². The van der Waals surface area contributed by atoms with Gasteiger partial charge in [0.05, 0.1) is 6.10 Å². The summed E-state index contributed by atoms with van der Waals surface area (Å²) in [5.74, 6) is 0.623. The van der Waals surface area contributed by atoms with Crippen molar-refractivity contribution in [2.75, 3.05) is 0 Å². The number of nitrogens with zero attached hydrogens (tertiary/aromatic N) is 3. The van der Waals surface area contributed by atoms with E-state index in [4.69, 9.17) is 4.74 Å². The first-order chi connectivity index (χ1) is 9.61. The number of halogens is 1. The standard InChI is InChI=1S/C14H18FN3O2/c1-3-6-18-14(16-9-17-18)8-20-11-4-5-12(10(2)19)13(15)7-11/h4-5,7,9-10,19H,3,6,8H2,1-2H3/t10-/m0/s1. The van der Waals surface area contributed by atoms with E-state index < -0.39 is 11.9 Å². The Morgan fingerprint density at radius 1 is 1.45 bits per heavy atom. The molecule has 5 nitrogen and oxygen atoms in total. The van der Waals surface area contributed by atoms with Gasteiger partial charge in [-0.05, 0) is 25.5 Å². The van der Waals surface area contributed by atoms with E-state index in [2.05, 4.69) is 17.0 Å². The molecule has 1 aromatic carbocycles. The average Bonchev–Trinajstić information content (AvgIpc) is 2.84. The Morgan fingerprint density at radius 2 is 2.25 bits per heavy atom. The van der Waals surface area contributed by atoms with Gasteiger partial charge < -0.3 is 9.84 Å². The van der Waals surface area contributed by atoms with Gasteiger partial charge in [0.1, 0.15) is 24.5 Å². The van der Waals surface area contributed by atoms with Crippen molar-refractivity contribution in [1.82, 2.24) is 14.8 Å². The third-order valence-corrected chi connectivity index (χ3v) is 2.92. The molecule has 0 spiro atoms. The summed E-state index contributed by atoms with van der Waals surface area (Å²) in [6, 6.07) is 4.42. The molecule has 1 heterocycles. The molecule has 6 heteroatoms. The highest BCUT2D eigenvalue weighted by Gasteiger charge is 2.10. The van der Waals surface area contributed by atoms with Crippen molar-refractivity contribution in [3.8, 4) is 5.75 Å². The predicted octanol–water partition coefficient (Wildman–Crippen LogP) is 2.46. The van der Waals surface area contributed by atoms with Crippen LogP contribution in [0.1, 0.15) is 37.8 Å². The molecule has 0 aliphatic heterocycles. The average molecular weight is 279 g/mol. The van der Waals surface area contributed by atoms with E-state index in [1.54, 1.807) is 10.7 Å². The number of aromatic nitrogens is 3. The Balaban J connectivity index is 2.04. The summed E-state index contributed by atoms with van der Waals surface area (Å²) in [5, 5.41) is 13.5. The van der Waals surface area contributed by atoms with Crippen LogP contribution in [0, 0.1) is 5.82 Å². The maximum atomic E-state index is 13.7. The molecule has 0 unspecified atom stereocenters. The second-order valence-electron chi connectivity index (χ2n) is 4.55. The summed E-state index contributed by atoms with van der Waals surface area (Å²) in [5.41, 5.74) is 0.256. The van der Waals surface area contributed by atoms with E-state index >= 15 is 0 Å². The summed E-state index contributed by atoms with van der Waals surface area (Å²) in [4.78, 5) is 4.11. The zero-order valence-electron chi connectivity index (χ0n) is 11.6. The van der Waals surface area contributed by atoms with Crippen LogP contribution in [0.5, 0.6) is 5.75 Å². The van der Waals surface area contributed by atoms with Crippen molar-refractivity contribution < 1.29 is 14.2 Å². The number of hydrogen-bond acceptors (Lipinski definition) is 4. The molecular formula is C14H18FN3O2. The van der Waals surface area contributed by atoms with Crippen LogP contribution in [-0.2, 0) is 13.2 Å². The monoisotopic (exact) mass is 279 g/mol. The van der Waals surface area contributed by atoms with Crippen LogP contribution < -0.4 is 4.74 Å². The Morgan fingerprint density at radius 3 is 2.90 bits per heavy atom. The summed E-state index contributed by atoms with van der Waals surface area (Å²) >= 11 is 0. The Hall–Kier alpha value is -1.95. The SMILES string of the molecule is CCCn1ncnc1COc1ccc([C@H](C)O)c(F)c1. The predicted molar refractivity (Wildman–Crippen MR) is 71.7 cm³/mol. The first kappa shape index (κ1) is 14.5. The third kappa shape index (κ3) is 3.33. The number of aliphatic hydroxyl groups is 1. The normalized spacial score (nSPS) is 12.4. The lowest BCUT2D eigenvalue weighted by atomic mass is 10.1. The highest BCUT2D eigenvalue weighted by atomic mass is 19.1. The van der Waals surface area contributed by atoms with Crippen molar-refractivity contribution >= 4 is 0 Å². The number of aryl methyl sites for hydroxylation is 1. The summed E-state index contributed by atoms with van der Waals surface area (Å²) in [7, 11) is 0. The van der Waals surface area contributed by atoms with Crippen molar-refractivity contribution in [2.24, 2.45) is 0 Å². The molecule has 20 heavy (non-hydrogen) atoms. The van der Waals surface area contributed by atoms with Gasteiger partial charge in [0.25, 0.3) is 0 Å². The van der Waals surface area contributed by atoms with Crippen molar-refractivity contribution in [3.05, 3.63) is 41.7 Å². The Labute approximate surface area is 117 Å². The maximum absolute atomic E-state index is 13.7. The lowest BCUT2D eigenvalue weighted by Gasteiger charge is -2.10. The van der Waals surface area contributed by atoms with Gasteiger partial charge in [-0.2, -0.15) is 5.10 Å². The third-order valence-electron chi connectivity index (χ3n) is 2.92. The van der Waals surface area contributed by atoms with E-state index in [0.717, 1.165) is 13.0 Å². The largest absolute Gasteiger partial charge is 0.486 e. The molecule has 2 rings (SSSR count). The van der Waals surface area contributed by atoms with Gasteiger partial charge in [0, 0.05) is 18.2 Å². The summed E-state index contributed by atoms with van der Waals surface area (Å²) < 4.78 is 21.0. The topological polar surface area (TPSA) is 60.2 Å². The molecule has 0 fully saturated rings. The van der Waals surface area contributed by atoms with Crippen LogP contribution in [-0.4, -0.2) is 19.9 Å². The molecule has 0 saturated carbocycles. The fourth-order valence-corrected chi connectivity index (χ4v) is 1.88. The van der Waals surface area contributed by atoms with Gasteiger partial charge in [-0.1, -0.05) is 6.92 Å². The molecule has 0 bridgehead atoms. The minimum absolute atomic E-state index is 0.230. The van der Waals surface area contributed by atoms with E-state index in [1.807, 2.05) is 0 Å². The van der Waals surface area contributed by atoms with Crippen LogP contribution in [0.2, 0.25) is 0 Å². The van der Waals surface area contributed by atoms with Gasteiger partial charge in [0.15, 0.2) is 5.82 Å². The zero-order valence-corrected chi connectivity index (χ0v) is 11.6. The highest BCUT2D eigenvalue weighted by molar-refractivity contribution is 5.30. The van der Waals surface area contributed by atoms with Crippen LogP contribution in [0.15, 0.2) is 24.5 Å². The van der Waals surface area contributed by atoms with E-state index in [9.17, 15) is 9.50 Å². The number of hydrogen-bond donors (Lipinski definition) is 1. The minimum Gasteiger partial charge on any atom is -0.486 e. The van der Waals surface area contributed by atoms with E-state index in [1.165, 1.54) is 25.4 Å². The highest BCUT2D eigenvalue weighted by Crippen LogP contribution is 2.22. The fraction of sp³-hybridized carbons (Fsp3) is 0.429. The Kier molecular flexibility index (Phi) is 4.68. The zero-order chi connectivity index (χ0) is 14.5. The van der Waals surface area contributed by atoms with E-state index in [-0.39, 0.29) is 12.2 Å². The smallest absolute Gasteiger partial charge is 0.164 e. The number of ether oxygens (including phenoxy) is 1. The van der Waals surface area contributed by atoms with Gasteiger partial charge in [-0.15, -0.1) is 0 Å². The fourth-order valence-electron chi connectivity index (χ4n) is 1.88. The quantitative estimate of drug-likeness (QED) is 0.882. The lowest BCUT2D eigenvalue weighted by Crippen LogP contribution is -2.08. The van der Waals surface area contributed by atoms with Crippen LogP contribution >= 0.6 is 0 Å². The number of aliphatic hydroxyl groups excluding tert-OH is 1. The molecule has 0 aliphatic rings. The lowest BCUT2D eigenvalue weighted by molar-refractivity contribution is 0.193. The summed E-state index contributed by atoms with van der Waals surface area (Å²) in [6.07, 6.45) is 1.59. The molecule has 0 aliphatic carbocycles. The molecule has 2 aromatic rings. The molecular weight excluding hydrogens is 261 g/mol. The molecule has 108 valence electrons. The second-order valence-corrected chi connectivity index (χ2v) is 4.55. The molecule has 1 N–H and O–H groups in total. The molecule has 0 saturated heterocycles. The van der Waals surface area contributed by atoms with Gasteiger partial charge in [-0.3, -0.25) is 0 Å². The van der Waals surface area contributed by atoms with Crippen molar-refractivity contribution in [3.63, 3.8) is 0 Å². The summed E-state index contributed by atoms with van der Waals surface area (Å²) in [6.45, 7) is 4.57. The Bertz CT molecular complexity index is 569. The molecule has 1 aromatic heterocycles. The number of rotatable bonds is 6. The van der Waals surface area contributed by atoms with Crippen LogP contribution in [0.3, 0.4) is 0 Å². The van der Waals surface area contributed by atoms with Gasteiger partial charge in [-0.25, -0.2) is 14.1 Å².